The number of benzene rings is 4. The summed E-state index contributed by atoms with van der Waals surface area (Å²) in [6.07, 6.45) is 0. The molecule has 0 aliphatic carbocycles. The average molecular weight is 584 g/mol. The van der Waals surface area contributed by atoms with Gasteiger partial charge in [-0.25, -0.2) is 4.79 Å². The normalized spacial score (nSPS) is 12.3. The molecule has 0 aliphatic rings. The number of nitrogens with one attached hydrogen (secondary N) is 1. The van der Waals surface area contributed by atoms with Gasteiger partial charge in [0.2, 0.25) is 0 Å². The van der Waals surface area contributed by atoms with Gasteiger partial charge < -0.3 is 20.7 Å². The lowest BCUT2D eigenvalue weighted by Crippen LogP contribution is -2.50. The van der Waals surface area contributed by atoms with Gasteiger partial charge in [-0.1, -0.05) is 103 Å². The van der Waals surface area contributed by atoms with Gasteiger partial charge in [-0.2, -0.15) is 0 Å². The molecule has 212 valence electrons. The Kier molecular flexibility index (Phi) is 9.73. The summed E-state index contributed by atoms with van der Waals surface area (Å²) in [5, 5.41) is 3.68. The molecular formula is C34H37N3O2S2. The number of ether oxygens (including phenoxy) is 1. The zero-order chi connectivity index (χ0) is 29.5. The van der Waals surface area contributed by atoms with Gasteiger partial charge in [-0.3, -0.25) is 0 Å². The Morgan fingerprint density at radius 3 is 1.71 bits per heavy atom. The Labute approximate surface area is 253 Å². The van der Waals surface area contributed by atoms with E-state index in [-0.39, 0.29) is 5.97 Å². The first-order chi connectivity index (χ1) is 19.6. The molecule has 0 saturated heterocycles. The van der Waals surface area contributed by atoms with Gasteiger partial charge in [-0.15, -0.1) is 11.8 Å². The molecule has 4 aromatic rings. The zero-order valence-corrected chi connectivity index (χ0v) is 25.5. The number of hydrogen-bond donors (Lipinski definition) is 2. The van der Waals surface area contributed by atoms with E-state index in [0.29, 0.717) is 16.6 Å². The number of anilines is 2. The van der Waals surface area contributed by atoms with Crippen molar-refractivity contribution < 1.29 is 9.53 Å². The van der Waals surface area contributed by atoms with Crippen LogP contribution in [-0.2, 0) is 14.3 Å². The number of esters is 1. The number of nitrogens with zero attached hydrogens (tertiary/aromatic N) is 1. The molecule has 4 rings (SSSR count). The summed E-state index contributed by atoms with van der Waals surface area (Å²) in [4.78, 5) is 15.4. The van der Waals surface area contributed by atoms with E-state index in [1.165, 1.54) is 0 Å². The van der Waals surface area contributed by atoms with Crippen molar-refractivity contribution in [2.75, 3.05) is 23.4 Å². The second-order valence-corrected chi connectivity index (χ2v) is 12.4. The molecule has 5 nitrogen and oxygen atoms in total. The van der Waals surface area contributed by atoms with Crippen molar-refractivity contribution in [3.05, 3.63) is 132 Å². The van der Waals surface area contributed by atoms with Crippen LogP contribution in [0.5, 0.6) is 0 Å². The fourth-order valence-electron chi connectivity index (χ4n) is 4.67. The Morgan fingerprint density at radius 2 is 1.27 bits per heavy atom. The maximum absolute atomic E-state index is 13.6. The average Bonchev–Trinajstić information content (AvgIpc) is 2.97. The van der Waals surface area contributed by atoms with Crippen LogP contribution in [-0.4, -0.2) is 35.5 Å². The van der Waals surface area contributed by atoms with E-state index >= 15 is 0 Å². The Bertz CT molecular complexity index is 1340. The van der Waals surface area contributed by atoms with Crippen molar-refractivity contribution in [3.8, 4) is 0 Å². The third kappa shape index (κ3) is 7.29. The molecule has 0 saturated carbocycles. The summed E-state index contributed by atoms with van der Waals surface area (Å²) in [7, 11) is 1.84. The lowest BCUT2D eigenvalue weighted by molar-refractivity contribution is -0.156. The van der Waals surface area contributed by atoms with E-state index in [1.807, 2.05) is 70.3 Å². The van der Waals surface area contributed by atoms with Gasteiger partial charge in [-0.05, 0) is 61.8 Å². The number of thiocarbonyl (C=S) groups is 1. The molecule has 0 radical (unpaired) electrons. The molecule has 0 fully saturated rings. The maximum Gasteiger partial charge on any atom is 0.330 e. The minimum Gasteiger partial charge on any atom is -0.458 e. The van der Waals surface area contributed by atoms with Gasteiger partial charge in [0.1, 0.15) is 11.6 Å². The molecule has 0 aliphatic heterocycles. The van der Waals surface area contributed by atoms with Crippen LogP contribution in [0.25, 0.3) is 0 Å². The molecular weight excluding hydrogens is 547 g/mol. The van der Waals surface area contributed by atoms with E-state index in [0.717, 1.165) is 22.4 Å². The molecule has 4 aromatic carbocycles. The summed E-state index contributed by atoms with van der Waals surface area (Å²) in [6.45, 7) is 5.60. The van der Waals surface area contributed by atoms with E-state index in [2.05, 4.69) is 78.1 Å². The first-order valence-electron chi connectivity index (χ1n) is 13.5. The monoisotopic (exact) mass is 583 g/mol. The van der Waals surface area contributed by atoms with Crippen molar-refractivity contribution in [1.82, 2.24) is 5.32 Å². The number of carbonyl (C=O) groups is 1. The molecule has 3 N–H and O–H groups in total. The molecule has 0 heterocycles. The summed E-state index contributed by atoms with van der Waals surface area (Å²) in [5.74, 6) is 0.0103. The highest BCUT2D eigenvalue weighted by atomic mass is 32.2. The number of nitrogens with two attached hydrogens (primary N) is 1. The fourth-order valence-corrected chi connectivity index (χ4v) is 6.45. The van der Waals surface area contributed by atoms with Gasteiger partial charge in [0.05, 0.1) is 16.1 Å². The van der Waals surface area contributed by atoms with Crippen LogP contribution in [0.3, 0.4) is 0 Å². The topological polar surface area (TPSA) is 67.6 Å². The largest absolute Gasteiger partial charge is 0.458 e. The minimum absolute atomic E-state index is 0.370. The fraction of sp³-hybridized carbons (Fsp3) is 0.235. The Balaban J connectivity index is 1.74. The van der Waals surface area contributed by atoms with Gasteiger partial charge >= 0.3 is 5.97 Å². The smallest absolute Gasteiger partial charge is 0.330 e. The highest BCUT2D eigenvalue weighted by Gasteiger charge is 2.39. The number of rotatable bonds is 9. The Hall–Kier alpha value is -3.81. The van der Waals surface area contributed by atoms with Crippen LogP contribution in [0.4, 0.5) is 11.4 Å². The highest BCUT2D eigenvalue weighted by Crippen LogP contribution is 2.48. The van der Waals surface area contributed by atoms with Crippen molar-refractivity contribution in [2.24, 2.45) is 0 Å². The van der Waals surface area contributed by atoms with Crippen LogP contribution in [0.1, 0.15) is 37.5 Å². The molecule has 7 heteroatoms. The number of para-hydroxylation sites is 2. The van der Waals surface area contributed by atoms with Crippen molar-refractivity contribution >= 4 is 46.4 Å². The molecule has 0 aromatic heterocycles. The molecule has 41 heavy (non-hydrogen) atoms. The minimum atomic E-state index is -0.727. The Morgan fingerprint density at radius 1 is 0.829 bits per heavy atom. The van der Waals surface area contributed by atoms with E-state index in [1.54, 1.807) is 16.7 Å². The van der Waals surface area contributed by atoms with Crippen LogP contribution in [0.2, 0.25) is 0 Å². The van der Waals surface area contributed by atoms with Crippen LogP contribution >= 0.6 is 24.0 Å². The first kappa shape index (κ1) is 30.2. The van der Waals surface area contributed by atoms with Crippen LogP contribution in [0, 0.1) is 0 Å². The second-order valence-electron chi connectivity index (χ2n) is 10.7. The van der Waals surface area contributed by atoms with Gasteiger partial charge in [0, 0.05) is 12.8 Å². The van der Waals surface area contributed by atoms with E-state index in [4.69, 9.17) is 22.7 Å². The second kappa shape index (κ2) is 13.2. The number of hydrogen-bond acceptors (Lipinski definition) is 5. The number of carbonyl (C=O) groups excluding carboxylic acids is 1. The first-order valence-corrected chi connectivity index (χ1v) is 14.9. The zero-order valence-electron chi connectivity index (χ0n) is 23.9. The summed E-state index contributed by atoms with van der Waals surface area (Å²) in [5.41, 5.74) is 10.3. The van der Waals surface area contributed by atoms with Gasteiger partial charge in [0.25, 0.3) is 0 Å². The number of thioether (sulfide) groups is 1. The predicted octanol–water partition coefficient (Wildman–Crippen LogP) is 7.02. The van der Waals surface area contributed by atoms with Crippen molar-refractivity contribution in [1.29, 1.82) is 0 Å². The van der Waals surface area contributed by atoms with Crippen molar-refractivity contribution in [2.45, 2.75) is 37.2 Å². The predicted molar refractivity (Wildman–Crippen MR) is 176 cm³/mol. The quantitative estimate of drug-likeness (QED) is 0.0950. The lowest BCUT2D eigenvalue weighted by Gasteiger charge is -2.37. The van der Waals surface area contributed by atoms with Gasteiger partial charge in [0.15, 0.2) is 5.11 Å². The molecule has 1 atom stereocenters. The third-order valence-electron chi connectivity index (χ3n) is 6.60. The highest BCUT2D eigenvalue weighted by molar-refractivity contribution is 8.00. The number of nitrogen functional groups attached to an aromatic ring is 1. The summed E-state index contributed by atoms with van der Waals surface area (Å²) in [6, 6.07) is 38.0. The lowest BCUT2D eigenvalue weighted by atomic mass is 9.84. The molecule has 0 unspecified atom stereocenters. The van der Waals surface area contributed by atoms with E-state index < -0.39 is 16.4 Å². The van der Waals surface area contributed by atoms with Crippen LogP contribution < -0.4 is 16.0 Å². The van der Waals surface area contributed by atoms with Crippen molar-refractivity contribution in [3.63, 3.8) is 0 Å². The van der Waals surface area contributed by atoms with Crippen LogP contribution in [0.15, 0.2) is 115 Å². The van der Waals surface area contributed by atoms with E-state index in [9.17, 15) is 4.79 Å². The summed E-state index contributed by atoms with van der Waals surface area (Å²) >= 11 is 7.46. The standard InChI is InChI=1S/C34H37N3O2S2/c1-33(2,3)39-31(38)29(36-32(40)37(4)30-23-15-14-22-28(30)35)24-41-34(25-16-8-5-9-17-25,26-18-10-6-11-19-26)27-20-12-7-13-21-27/h5-23,29H,24,35H2,1-4H3,(H,36,40)/t29-/m0/s1. The SMILES string of the molecule is CN(C(=S)N[C@@H](CSC(c1ccccc1)(c1ccccc1)c1ccccc1)C(=O)OC(C)(C)C)c1ccccc1N. The molecule has 0 amide bonds. The molecule has 0 spiro atoms. The molecule has 0 bridgehead atoms. The third-order valence-corrected chi connectivity index (χ3v) is 8.63. The summed E-state index contributed by atoms with van der Waals surface area (Å²) < 4.78 is 5.28. The maximum atomic E-state index is 13.6.